The first-order valence-corrected chi connectivity index (χ1v) is 4.27. The molecule has 0 aliphatic carbocycles. The van der Waals surface area contributed by atoms with E-state index < -0.39 is 17.9 Å². The van der Waals surface area contributed by atoms with Gasteiger partial charge in [-0.15, -0.1) is 0 Å². The highest BCUT2D eigenvalue weighted by Gasteiger charge is 2.17. The fourth-order valence-corrected chi connectivity index (χ4v) is 1.16. The summed E-state index contributed by atoms with van der Waals surface area (Å²) < 4.78 is 36.8. The van der Waals surface area contributed by atoms with E-state index >= 15 is 0 Å². The largest absolute Gasteiger partial charge is 0.283 e. The number of halogens is 5. The highest BCUT2D eigenvalue weighted by molar-refractivity contribution is 14.1. The molecule has 1 aromatic rings. The molecule has 0 saturated heterocycles. The van der Waals surface area contributed by atoms with Gasteiger partial charge in [0.05, 0.1) is 5.02 Å². The predicted molar refractivity (Wildman–Crippen MR) is 46.9 cm³/mol. The van der Waals surface area contributed by atoms with E-state index in [1.807, 2.05) is 0 Å². The van der Waals surface area contributed by atoms with E-state index in [1.165, 1.54) is 0 Å². The van der Waals surface area contributed by atoms with Crippen LogP contribution in [0.25, 0.3) is 0 Å². The Morgan fingerprint density at radius 2 is 2.08 bits per heavy atom. The van der Waals surface area contributed by atoms with Gasteiger partial charge in [-0.2, -0.15) is 0 Å². The zero-order valence-electron chi connectivity index (χ0n) is 5.49. The highest BCUT2D eigenvalue weighted by Crippen LogP contribution is 2.25. The van der Waals surface area contributed by atoms with E-state index in [4.69, 9.17) is 11.6 Å². The third-order valence-electron chi connectivity index (χ3n) is 1.12. The SMILES string of the molecule is Fc1cc(Cl)c(I)nc1C(F)F. The Balaban J connectivity index is 3.23. The molecule has 1 nitrogen and oxygen atoms in total. The van der Waals surface area contributed by atoms with Crippen LogP contribution in [0.15, 0.2) is 6.07 Å². The molecule has 0 N–H and O–H groups in total. The first-order valence-electron chi connectivity index (χ1n) is 2.82. The minimum atomic E-state index is -2.91. The Labute approximate surface area is 85.1 Å². The van der Waals surface area contributed by atoms with E-state index in [9.17, 15) is 13.2 Å². The summed E-state index contributed by atoms with van der Waals surface area (Å²) >= 11 is 7.09. The van der Waals surface area contributed by atoms with Crippen molar-refractivity contribution in [2.75, 3.05) is 0 Å². The number of aromatic nitrogens is 1. The Morgan fingerprint density at radius 1 is 1.50 bits per heavy atom. The number of pyridine rings is 1. The molecular weight excluding hydrogens is 305 g/mol. The lowest BCUT2D eigenvalue weighted by Gasteiger charge is -2.02. The van der Waals surface area contributed by atoms with Crippen molar-refractivity contribution in [1.82, 2.24) is 4.98 Å². The molecule has 1 rings (SSSR count). The Morgan fingerprint density at radius 3 is 2.58 bits per heavy atom. The van der Waals surface area contributed by atoms with Crippen LogP contribution in [0.5, 0.6) is 0 Å². The van der Waals surface area contributed by atoms with Gasteiger partial charge in [-0.05, 0) is 28.7 Å². The van der Waals surface area contributed by atoms with Crippen molar-refractivity contribution >= 4 is 34.2 Å². The number of hydrogen-bond donors (Lipinski definition) is 0. The smallest absolute Gasteiger partial charge is 0.236 e. The minimum absolute atomic E-state index is 0.0394. The standard InChI is InChI=1S/C6H2ClF3IN/c7-2-1-3(8)4(5(9)10)12-6(2)11/h1,5H. The Hall–Kier alpha value is -0.0400. The van der Waals surface area contributed by atoms with Gasteiger partial charge in [0.1, 0.15) is 9.39 Å². The topological polar surface area (TPSA) is 12.9 Å². The first kappa shape index (κ1) is 10.0. The van der Waals surface area contributed by atoms with Crippen molar-refractivity contribution in [2.45, 2.75) is 6.43 Å². The fraction of sp³-hybridized carbons (Fsp3) is 0.167. The van der Waals surface area contributed by atoms with Gasteiger partial charge in [0.2, 0.25) is 0 Å². The third-order valence-corrected chi connectivity index (χ3v) is 2.55. The van der Waals surface area contributed by atoms with Crippen molar-refractivity contribution in [2.24, 2.45) is 0 Å². The summed E-state index contributed by atoms with van der Waals surface area (Å²) in [4.78, 5) is 3.30. The van der Waals surface area contributed by atoms with Crippen molar-refractivity contribution in [3.63, 3.8) is 0 Å². The molecule has 0 amide bonds. The second-order valence-corrected chi connectivity index (χ2v) is 3.36. The van der Waals surface area contributed by atoms with Crippen molar-refractivity contribution in [3.8, 4) is 0 Å². The molecule has 0 atom stereocenters. The molecule has 0 aromatic carbocycles. The van der Waals surface area contributed by atoms with Crippen molar-refractivity contribution < 1.29 is 13.2 Å². The second-order valence-electron chi connectivity index (χ2n) is 1.93. The van der Waals surface area contributed by atoms with Crippen LogP contribution in [-0.2, 0) is 0 Å². The molecular formula is C6H2ClF3IN. The van der Waals surface area contributed by atoms with Crippen LogP contribution < -0.4 is 0 Å². The maximum Gasteiger partial charge on any atom is 0.283 e. The zero-order valence-corrected chi connectivity index (χ0v) is 8.41. The molecule has 1 aromatic heterocycles. The van der Waals surface area contributed by atoms with Gasteiger partial charge in [0, 0.05) is 0 Å². The monoisotopic (exact) mass is 307 g/mol. The summed E-state index contributed by atoms with van der Waals surface area (Å²) in [5.41, 5.74) is -0.858. The van der Waals surface area contributed by atoms with Crippen LogP contribution in [0, 0.1) is 9.52 Å². The molecule has 6 heteroatoms. The van der Waals surface area contributed by atoms with Crippen LogP contribution in [0.4, 0.5) is 13.2 Å². The van der Waals surface area contributed by atoms with E-state index in [0.717, 1.165) is 6.07 Å². The lowest BCUT2D eigenvalue weighted by atomic mass is 10.3. The Kier molecular flexibility index (Phi) is 3.16. The lowest BCUT2D eigenvalue weighted by molar-refractivity contribution is 0.140. The zero-order chi connectivity index (χ0) is 9.30. The van der Waals surface area contributed by atoms with Gasteiger partial charge in [0.25, 0.3) is 6.43 Å². The maximum atomic E-state index is 12.7. The van der Waals surface area contributed by atoms with Gasteiger partial charge in [-0.1, -0.05) is 11.6 Å². The molecule has 0 aliphatic rings. The molecule has 0 fully saturated rings. The molecule has 12 heavy (non-hydrogen) atoms. The average molecular weight is 307 g/mol. The molecule has 1 heterocycles. The van der Waals surface area contributed by atoms with Gasteiger partial charge in [0.15, 0.2) is 5.82 Å². The van der Waals surface area contributed by atoms with Gasteiger partial charge in [-0.25, -0.2) is 18.2 Å². The Bertz CT molecular complexity index is 305. The van der Waals surface area contributed by atoms with Gasteiger partial charge >= 0.3 is 0 Å². The summed E-state index contributed by atoms with van der Waals surface area (Å²) in [7, 11) is 0. The van der Waals surface area contributed by atoms with Crippen molar-refractivity contribution in [3.05, 3.63) is 26.3 Å². The molecule has 0 radical (unpaired) electrons. The molecule has 0 aliphatic heterocycles. The summed E-state index contributed by atoms with van der Waals surface area (Å²) in [5, 5.41) is 0.0394. The van der Waals surface area contributed by atoms with Crippen LogP contribution in [0.2, 0.25) is 5.02 Å². The molecule has 0 bridgehead atoms. The summed E-state index contributed by atoms with van der Waals surface area (Å²) in [6, 6.07) is 0.831. The van der Waals surface area contributed by atoms with Gasteiger partial charge in [-0.3, -0.25) is 0 Å². The normalized spacial score (nSPS) is 10.8. The number of nitrogens with zero attached hydrogens (tertiary/aromatic N) is 1. The lowest BCUT2D eigenvalue weighted by Crippen LogP contribution is -1.97. The van der Waals surface area contributed by atoms with Gasteiger partial charge < -0.3 is 0 Å². The van der Waals surface area contributed by atoms with E-state index in [0.29, 0.717) is 0 Å². The molecule has 0 spiro atoms. The van der Waals surface area contributed by atoms with Crippen molar-refractivity contribution in [1.29, 1.82) is 0 Å². The predicted octanol–water partition coefficient (Wildman–Crippen LogP) is 3.42. The summed E-state index contributed by atoms with van der Waals surface area (Å²) in [6.45, 7) is 0. The fourth-order valence-electron chi connectivity index (χ4n) is 0.610. The summed E-state index contributed by atoms with van der Waals surface area (Å²) in [6.07, 6.45) is -2.91. The quantitative estimate of drug-likeness (QED) is 0.572. The second kappa shape index (κ2) is 3.78. The average Bonchev–Trinajstić information content (AvgIpc) is 1.96. The van der Waals surface area contributed by atoms with Crippen LogP contribution in [0.1, 0.15) is 12.1 Å². The molecule has 0 unspecified atom stereocenters. The van der Waals surface area contributed by atoms with Crippen LogP contribution in [-0.4, -0.2) is 4.98 Å². The highest BCUT2D eigenvalue weighted by atomic mass is 127. The molecule has 0 saturated carbocycles. The van der Waals surface area contributed by atoms with E-state index in [1.54, 1.807) is 22.6 Å². The third kappa shape index (κ3) is 2.01. The number of rotatable bonds is 1. The minimum Gasteiger partial charge on any atom is -0.236 e. The first-order chi connectivity index (χ1) is 5.52. The summed E-state index contributed by atoms with van der Waals surface area (Å²) in [5.74, 6) is -1.07. The number of alkyl halides is 2. The molecule has 66 valence electrons. The van der Waals surface area contributed by atoms with Crippen LogP contribution in [0.3, 0.4) is 0 Å². The maximum absolute atomic E-state index is 12.7. The van der Waals surface area contributed by atoms with E-state index in [2.05, 4.69) is 4.98 Å². The van der Waals surface area contributed by atoms with E-state index in [-0.39, 0.29) is 8.72 Å². The van der Waals surface area contributed by atoms with Crippen LogP contribution >= 0.6 is 34.2 Å². The number of hydrogen-bond acceptors (Lipinski definition) is 1.